The zero-order chi connectivity index (χ0) is 8.97. The highest BCUT2D eigenvalue weighted by Gasteiger charge is 2.10. The van der Waals surface area contributed by atoms with Crippen LogP contribution in [0.5, 0.6) is 0 Å². The van der Waals surface area contributed by atoms with Gasteiger partial charge >= 0.3 is 0 Å². The summed E-state index contributed by atoms with van der Waals surface area (Å²) in [6, 6.07) is 0. The topological polar surface area (TPSA) is 43.8 Å². The quantitative estimate of drug-likeness (QED) is 0.741. The number of nitrogens with zero attached hydrogens (tertiary/aromatic N) is 2. The van der Waals surface area contributed by atoms with Crippen molar-refractivity contribution in [2.75, 3.05) is 6.54 Å². The highest BCUT2D eigenvalue weighted by Crippen LogP contribution is 2.19. The van der Waals surface area contributed by atoms with Crippen LogP contribution < -0.4 is 5.73 Å². The molecule has 0 aromatic carbocycles. The van der Waals surface area contributed by atoms with Crippen LogP contribution in [0.25, 0.3) is 0 Å². The van der Waals surface area contributed by atoms with Gasteiger partial charge in [0.1, 0.15) is 6.17 Å². The molecule has 0 bridgehead atoms. The summed E-state index contributed by atoms with van der Waals surface area (Å²) in [6.07, 6.45) is 2.69. The van der Waals surface area contributed by atoms with Crippen LogP contribution in [0.3, 0.4) is 0 Å². The maximum absolute atomic E-state index is 13.2. The van der Waals surface area contributed by atoms with Crippen molar-refractivity contribution in [1.29, 1.82) is 0 Å². The predicted octanol–water partition coefficient (Wildman–Crippen LogP) is 1.26. The Labute approximate surface area is 71.4 Å². The fourth-order valence-corrected chi connectivity index (χ4v) is 1.03. The first-order valence-corrected chi connectivity index (χ1v) is 4.14. The first-order chi connectivity index (χ1) is 5.77. The Kier molecular flexibility index (Phi) is 3.22. The monoisotopic (exact) mass is 171 g/mol. The minimum Gasteiger partial charge on any atom is -0.330 e. The van der Waals surface area contributed by atoms with Crippen LogP contribution in [0, 0.1) is 0 Å². The van der Waals surface area contributed by atoms with Gasteiger partial charge in [0.2, 0.25) is 0 Å². The Morgan fingerprint density at radius 3 is 3.00 bits per heavy atom. The molecule has 0 aliphatic carbocycles. The molecule has 1 rings (SSSR count). The molecule has 0 aliphatic rings. The van der Waals surface area contributed by atoms with Crippen LogP contribution in [0.4, 0.5) is 4.39 Å². The summed E-state index contributed by atoms with van der Waals surface area (Å²) < 4.78 is 14.9. The summed E-state index contributed by atoms with van der Waals surface area (Å²) in [5, 5.41) is 3.97. The summed E-state index contributed by atoms with van der Waals surface area (Å²) in [7, 11) is 0. The van der Waals surface area contributed by atoms with Gasteiger partial charge in [-0.2, -0.15) is 5.10 Å². The van der Waals surface area contributed by atoms with E-state index in [1.807, 2.05) is 6.92 Å². The van der Waals surface area contributed by atoms with Crippen molar-refractivity contribution in [3.63, 3.8) is 0 Å². The molecule has 1 atom stereocenters. The van der Waals surface area contributed by atoms with E-state index in [-0.39, 0.29) is 0 Å². The molecule has 0 saturated carbocycles. The van der Waals surface area contributed by atoms with E-state index in [4.69, 9.17) is 5.73 Å². The van der Waals surface area contributed by atoms with Crippen LogP contribution in [0.2, 0.25) is 0 Å². The molecule has 0 spiro atoms. The number of alkyl halides is 1. The van der Waals surface area contributed by atoms with Crippen molar-refractivity contribution < 1.29 is 4.39 Å². The summed E-state index contributed by atoms with van der Waals surface area (Å²) in [5.74, 6) is 0. The second kappa shape index (κ2) is 4.21. The average molecular weight is 171 g/mol. The lowest BCUT2D eigenvalue weighted by molar-refractivity contribution is 0.327. The molecule has 12 heavy (non-hydrogen) atoms. The fraction of sp³-hybridized carbons (Fsp3) is 0.625. The third-order valence-corrected chi connectivity index (χ3v) is 1.76. The van der Waals surface area contributed by atoms with E-state index in [0.29, 0.717) is 18.5 Å². The van der Waals surface area contributed by atoms with Crippen LogP contribution in [0.15, 0.2) is 12.4 Å². The summed E-state index contributed by atoms with van der Waals surface area (Å²) in [5.41, 5.74) is 5.87. The SMILES string of the molecule is CCn1cc(C(F)CCN)cn1. The maximum atomic E-state index is 13.2. The van der Waals surface area contributed by atoms with Crippen molar-refractivity contribution in [2.45, 2.75) is 26.1 Å². The maximum Gasteiger partial charge on any atom is 0.129 e. The smallest absolute Gasteiger partial charge is 0.129 e. The van der Waals surface area contributed by atoms with E-state index in [1.165, 1.54) is 0 Å². The van der Waals surface area contributed by atoms with Gasteiger partial charge in [-0.05, 0) is 19.9 Å². The molecule has 0 fully saturated rings. The largest absolute Gasteiger partial charge is 0.330 e. The Morgan fingerprint density at radius 2 is 2.50 bits per heavy atom. The Morgan fingerprint density at radius 1 is 1.75 bits per heavy atom. The molecule has 1 unspecified atom stereocenters. The van der Waals surface area contributed by atoms with Gasteiger partial charge in [0.25, 0.3) is 0 Å². The Hall–Kier alpha value is -0.900. The normalized spacial score (nSPS) is 13.2. The van der Waals surface area contributed by atoms with Crippen molar-refractivity contribution in [3.8, 4) is 0 Å². The van der Waals surface area contributed by atoms with E-state index >= 15 is 0 Å². The van der Waals surface area contributed by atoms with E-state index in [0.717, 1.165) is 6.54 Å². The third-order valence-electron chi connectivity index (χ3n) is 1.76. The predicted molar refractivity (Wildman–Crippen MR) is 45.4 cm³/mol. The van der Waals surface area contributed by atoms with Gasteiger partial charge < -0.3 is 5.73 Å². The van der Waals surface area contributed by atoms with Crippen LogP contribution in [0.1, 0.15) is 25.1 Å². The second-order valence-electron chi connectivity index (χ2n) is 2.67. The van der Waals surface area contributed by atoms with Gasteiger partial charge in [-0.3, -0.25) is 4.68 Å². The van der Waals surface area contributed by atoms with Gasteiger partial charge in [0, 0.05) is 18.3 Å². The molecule has 1 heterocycles. The van der Waals surface area contributed by atoms with Crippen molar-refractivity contribution in [2.24, 2.45) is 5.73 Å². The van der Waals surface area contributed by atoms with Crippen molar-refractivity contribution in [3.05, 3.63) is 18.0 Å². The van der Waals surface area contributed by atoms with Gasteiger partial charge in [0.05, 0.1) is 6.20 Å². The highest BCUT2D eigenvalue weighted by molar-refractivity contribution is 5.07. The summed E-state index contributed by atoms with van der Waals surface area (Å²) in [6.45, 7) is 3.11. The Bertz CT molecular complexity index is 234. The molecule has 3 nitrogen and oxygen atoms in total. The fourth-order valence-electron chi connectivity index (χ4n) is 1.03. The summed E-state index contributed by atoms with van der Waals surface area (Å²) >= 11 is 0. The van der Waals surface area contributed by atoms with E-state index in [2.05, 4.69) is 5.10 Å². The van der Waals surface area contributed by atoms with Gasteiger partial charge in [0.15, 0.2) is 0 Å². The second-order valence-corrected chi connectivity index (χ2v) is 2.67. The molecule has 0 saturated heterocycles. The van der Waals surface area contributed by atoms with Crippen LogP contribution >= 0.6 is 0 Å². The van der Waals surface area contributed by atoms with Crippen LogP contribution in [-0.4, -0.2) is 16.3 Å². The first kappa shape index (κ1) is 9.19. The molecule has 0 aliphatic heterocycles. The number of aryl methyl sites for hydroxylation is 1. The van der Waals surface area contributed by atoms with Crippen molar-refractivity contribution in [1.82, 2.24) is 9.78 Å². The molecule has 68 valence electrons. The Balaban J connectivity index is 2.61. The number of rotatable bonds is 4. The highest BCUT2D eigenvalue weighted by atomic mass is 19.1. The molecule has 0 amide bonds. The summed E-state index contributed by atoms with van der Waals surface area (Å²) in [4.78, 5) is 0. The lowest BCUT2D eigenvalue weighted by Crippen LogP contribution is -2.03. The average Bonchev–Trinajstić information content (AvgIpc) is 2.52. The van der Waals surface area contributed by atoms with E-state index in [9.17, 15) is 4.39 Å². The molecule has 0 radical (unpaired) electrons. The minimum atomic E-state index is -0.963. The van der Waals surface area contributed by atoms with Crippen molar-refractivity contribution >= 4 is 0 Å². The number of hydrogen-bond acceptors (Lipinski definition) is 2. The standard InChI is InChI=1S/C8H14FN3/c1-2-12-6-7(5-11-12)8(9)3-4-10/h5-6,8H,2-4,10H2,1H3. The molecular formula is C8H14FN3. The number of hydrogen-bond donors (Lipinski definition) is 1. The first-order valence-electron chi connectivity index (χ1n) is 4.14. The number of aromatic nitrogens is 2. The minimum absolute atomic E-state index is 0.370. The third kappa shape index (κ3) is 2.04. The van der Waals surface area contributed by atoms with Crippen LogP contribution in [-0.2, 0) is 6.54 Å². The zero-order valence-corrected chi connectivity index (χ0v) is 7.20. The number of nitrogens with two attached hydrogens (primary N) is 1. The number of halogens is 1. The lowest BCUT2D eigenvalue weighted by atomic mass is 10.2. The van der Waals surface area contributed by atoms with Gasteiger partial charge in [-0.15, -0.1) is 0 Å². The lowest BCUT2D eigenvalue weighted by Gasteiger charge is -2.01. The van der Waals surface area contributed by atoms with Gasteiger partial charge in [-0.25, -0.2) is 4.39 Å². The molecule has 1 aromatic rings. The molecule has 2 N–H and O–H groups in total. The molecule has 1 aromatic heterocycles. The van der Waals surface area contributed by atoms with Gasteiger partial charge in [-0.1, -0.05) is 0 Å². The molecular weight excluding hydrogens is 157 g/mol. The molecule has 4 heteroatoms. The zero-order valence-electron chi connectivity index (χ0n) is 7.20. The van der Waals surface area contributed by atoms with E-state index < -0.39 is 6.17 Å². The van der Waals surface area contributed by atoms with E-state index in [1.54, 1.807) is 17.1 Å².